The number of fused-ring (bicyclic) bond motifs is 1. The van der Waals surface area contributed by atoms with Gasteiger partial charge in [-0.2, -0.15) is 0 Å². The Morgan fingerprint density at radius 3 is 2.63 bits per heavy atom. The summed E-state index contributed by atoms with van der Waals surface area (Å²) in [5.74, 6) is 0.377. The van der Waals surface area contributed by atoms with Crippen LogP contribution in [0.2, 0.25) is 0 Å². The van der Waals surface area contributed by atoms with E-state index in [1.807, 2.05) is 11.0 Å². The van der Waals surface area contributed by atoms with Crippen LogP contribution in [0.15, 0.2) is 67.0 Å². The van der Waals surface area contributed by atoms with Crippen molar-refractivity contribution in [1.29, 1.82) is 0 Å². The molecule has 3 aromatic carbocycles. The SMILES string of the molecule is Cc1cc2ncnc(NC3CC3)c2cc1-c1cccc(CN(C(=O)c2cccc(F)c2)C2CC2)c1. The quantitative estimate of drug-likeness (QED) is 0.356. The van der Waals surface area contributed by atoms with Crippen LogP contribution in [0.4, 0.5) is 10.2 Å². The summed E-state index contributed by atoms with van der Waals surface area (Å²) in [6.45, 7) is 2.60. The molecule has 2 aliphatic carbocycles. The number of anilines is 1. The van der Waals surface area contributed by atoms with E-state index in [1.54, 1.807) is 18.5 Å². The van der Waals surface area contributed by atoms with Crippen LogP contribution in [0, 0.1) is 12.7 Å². The molecular formula is C29H27FN4O. The average Bonchev–Trinajstić information content (AvgIpc) is 3.78. The molecule has 2 fully saturated rings. The first-order valence-electron chi connectivity index (χ1n) is 12.2. The van der Waals surface area contributed by atoms with E-state index in [2.05, 4.69) is 52.5 Å². The molecular weight excluding hydrogens is 439 g/mol. The van der Waals surface area contributed by atoms with Crippen LogP contribution in [0.3, 0.4) is 0 Å². The van der Waals surface area contributed by atoms with Gasteiger partial charge in [0.25, 0.3) is 5.91 Å². The van der Waals surface area contributed by atoms with Crippen LogP contribution in [0.1, 0.15) is 47.2 Å². The molecule has 35 heavy (non-hydrogen) atoms. The normalized spacial score (nSPS) is 15.3. The first-order valence-corrected chi connectivity index (χ1v) is 12.2. The number of aryl methyl sites for hydroxylation is 1. The zero-order chi connectivity index (χ0) is 23.9. The molecule has 0 saturated heterocycles. The second kappa shape index (κ2) is 8.77. The van der Waals surface area contributed by atoms with Crippen LogP contribution >= 0.6 is 0 Å². The molecule has 0 bridgehead atoms. The van der Waals surface area contributed by atoms with E-state index in [1.165, 1.54) is 25.0 Å². The average molecular weight is 467 g/mol. The fraction of sp³-hybridized carbons (Fsp3) is 0.276. The summed E-state index contributed by atoms with van der Waals surface area (Å²) in [5.41, 5.74) is 5.75. The number of hydrogen-bond acceptors (Lipinski definition) is 4. The van der Waals surface area contributed by atoms with Gasteiger partial charge in [-0.05, 0) is 91.3 Å². The predicted octanol–water partition coefficient (Wildman–Crippen LogP) is 6.12. The van der Waals surface area contributed by atoms with Gasteiger partial charge in [0, 0.05) is 29.6 Å². The molecule has 0 radical (unpaired) electrons. The molecule has 6 rings (SSSR count). The molecule has 1 heterocycles. The van der Waals surface area contributed by atoms with Crippen LogP contribution in [0.5, 0.6) is 0 Å². The minimum Gasteiger partial charge on any atom is -0.367 e. The lowest BCUT2D eigenvalue weighted by Crippen LogP contribution is -2.32. The van der Waals surface area contributed by atoms with Crippen molar-refractivity contribution in [2.45, 2.75) is 51.2 Å². The van der Waals surface area contributed by atoms with Crippen LogP contribution in [-0.2, 0) is 6.54 Å². The van der Waals surface area contributed by atoms with Crippen molar-refractivity contribution in [3.63, 3.8) is 0 Å². The molecule has 1 amide bonds. The molecule has 2 saturated carbocycles. The molecule has 6 heteroatoms. The number of nitrogens with one attached hydrogen (secondary N) is 1. The molecule has 5 nitrogen and oxygen atoms in total. The van der Waals surface area contributed by atoms with E-state index in [9.17, 15) is 9.18 Å². The number of aromatic nitrogens is 2. The molecule has 0 unspecified atom stereocenters. The first kappa shape index (κ1) is 21.7. The van der Waals surface area contributed by atoms with E-state index in [0.717, 1.165) is 51.8 Å². The Morgan fingerprint density at radius 2 is 1.86 bits per heavy atom. The van der Waals surface area contributed by atoms with Crippen molar-refractivity contribution in [3.05, 3.63) is 89.5 Å². The number of amides is 1. The lowest BCUT2D eigenvalue weighted by atomic mass is 9.96. The van der Waals surface area contributed by atoms with Crippen molar-refractivity contribution in [2.24, 2.45) is 0 Å². The molecule has 1 aromatic heterocycles. The number of carbonyl (C=O) groups is 1. The smallest absolute Gasteiger partial charge is 0.254 e. The highest BCUT2D eigenvalue weighted by atomic mass is 19.1. The minimum atomic E-state index is -0.389. The molecule has 176 valence electrons. The standard InChI is InChI=1S/C29H27FN4O/c1-18-12-27-26(28(32-17-31-27)33-23-8-9-23)15-25(18)20-5-2-4-19(13-20)16-34(24-10-11-24)29(35)21-6-3-7-22(30)14-21/h2-7,12-15,17,23-24H,8-11,16H2,1H3,(H,31,32,33). The van der Waals surface area contributed by atoms with Gasteiger partial charge in [-0.3, -0.25) is 4.79 Å². The van der Waals surface area contributed by atoms with Gasteiger partial charge < -0.3 is 10.2 Å². The third-order valence-corrected chi connectivity index (χ3v) is 6.81. The predicted molar refractivity (Wildman–Crippen MR) is 136 cm³/mol. The molecule has 1 N–H and O–H groups in total. The van der Waals surface area contributed by atoms with Gasteiger partial charge >= 0.3 is 0 Å². The molecule has 0 aliphatic heterocycles. The van der Waals surface area contributed by atoms with Gasteiger partial charge in [0.05, 0.1) is 5.52 Å². The Hall–Kier alpha value is -3.80. The third kappa shape index (κ3) is 4.61. The fourth-order valence-corrected chi connectivity index (χ4v) is 4.63. The number of carbonyl (C=O) groups excluding carboxylic acids is 1. The van der Waals surface area contributed by atoms with Crippen molar-refractivity contribution in [2.75, 3.05) is 5.32 Å². The highest BCUT2D eigenvalue weighted by Crippen LogP contribution is 2.34. The maximum Gasteiger partial charge on any atom is 0.254 e. The van der Waals surface area contributed by atoms with E-state index in [0.29, 0.717) is 18.2 Å². The second-order valence-corrected chi connectivity index (χ2v) is 9.70. The van der Waals surface area contributed by atoms with Crippen molar-refractivity contribution < 1.29 is 9.18 Å². The number of hydrogen-bond donors (Lipinski definition) is 1. The fourth-order valence-electron chi connectivity index (χ4n) is 4.63. The Labute approximate surface area is 204 Å². The van der Waals surface area contributed by atoms with Gasteiger partial charge in [-0.1, -0.05) is 24.3 Å². The van der Waals surface area contributed by atoms with Gasteiger partial charge in [-0.25, -0.2) is 14.4 Å². The number of nitrogens with zero attached hydrogens (tertiary/aromatic N) is 3. The number of halogens is 1. The van der Waals surface area contributed by atoms with E-state index >= 15 is 0 Å². The van der Waals surface area contributed by atoms with Crippen molar-refractivity contribution in [1.82, 2.24) is 14.9 Å². The van der Waals surface area contributed by atoms with Crippen LogP contribution in [0.25, 0.3) is 22.0 Å². The zero-order valence-electron chi connectivity index (χ0n) is 19.7. The highest BCUT2D eigenvalue weighted by Gasteiger charge is 2.33. The van der Waals surface area contributed by atoms with E-state index in [4.69, 9.17) is 0 Å². The topological polar surface area (TPSA) is 58.1 Å². The van der Waals surface area contributed by atoms with Gasteiger partial charge in [0.15, 0.2) is 0 Å². The molecule has 0 spiro atoms. The summed E-state index contributed by atoms with van der Waals surface area (Å²) in [6.07, 6.45) is 5.95. The lowest BCUT2D eigenvalue weighted by molar-refractivity contribution is 0.0729. The molecule has 0 atom stereocenters. The first-order chi connectivity index (χ1) is 17.0. The highest BCUT2D eigenvalue weighted by molar-refractivity contribution is 5.95. The summed E-state index contributed by atoms with van der Waals surface area (Å²) in [6, 6.07) is 19.3. The summed E-state index contributed by atoms with van der Waals surface area (Å²) >= 11 is 0. The van der Waals surface area contributed by atoms with Gasteiger partial charge in [0.1, 0.15) is 18.0 Å². The molecule has 2 aliphatic rings. The van der Waals surface area contributed by atoms with Crippen LogP contribution < -0.4 is 5.32 Å². The Morgan fingerprint density at radius 1 is 1.03 bits per heavy atom. The summed E-state index contributed by atoms with van der Waals surface area (Å²) < 4.78 is 13.7. The Balaban J connectivity index is 1.32. The maximum atomic E-state index is 13.7. The van der Waals surface area contributed by atoms with Crippen molar-refractivity contribution in [3.8, 4) is 11.1 Å². The second-order valence-electron chi connectivity index (χ2n) is 9.70. The van der Waals surface area contributed by atoms with Gasteiger partial charge in [-0.15, -0.1) is 0 Å². The summed E-state index contributed by atoms with van der Waals surface area (Å²) in [4.78, 5) is 24.1. The summed E-state index contributed by atoms with van der Waals surface area (Å²) in [5, 5.41) is 4.54. The largest absolute Gasteiger partial charge is 0.367 e. The van der Waals surface area contributed by atoms with Gasteiger partial charge in [0.2, 0.25) is 0 Å². The number of rotatable bonds is 7. The monoisotopic (exact) mass is 466 g/mol. The number of benzene rings is 3. The van der Waals surface area contributed by atoms with E-state index < -0.39 is 0 Å². The Bertz CT molecular complexity index is 1430. The Kier molecular flexibility index (Phi) is 5.44. The molecule has 4 aromatic rings. The van der Waals surface area contributed by atoms with Crippen molar-refractivity contribution >= 4 is 22.6 Å². The van der Waals surface area contributed by atoms with E-state index in [-0.39, 0.29) is 17.8 Å². The summed E-state index contributed by atoms with van der Waals surface area (Å²) in [7, 11) is 0. The minimum absolute atomic E-state index is 0.118. The lowest BCUT2D eigenvalue weighted by Gasteiger charge is -2.23. The zero-order valence-corrected chi connectivity index (χ0v) is 19.7. The van der Waals surface area contributed by atoms with Crippen LogP contribution in [-0.4, -0.2) is 32.9 Å². The maximum absolute atomic E-state index is 13.7. The third-order valence-electron chi connectivity index (χ3n) is 6.81.